The monoisotopic (exact) mass is 814 g/mol. The van der Waals surface area contributed by atoms with Crippen LogP contribution in [0.3, 0.4) is 0 Å². The fraction of sp³-hybridized carbons (Fsp3) is 0.714. The van der Waals surface area contributed by atoms with Gasteiger partial charge in [0.2, 0.25) is 0 Å². The number of aromatic hydroxyl groups is 2. The minimum atomic E-state index is -0.0420. The first-order valence-corrected chi connectivity index (χ1v) is 22.1. The van der Waals surface area contributed by atoms with Gasteiger partial charge in [-0.1, -0.05) is 111 Å². The molecule has 2 aromatic carbocycles. The molecule has 0 saturated carbocycles. The SMILES string of the molecule is Oc1c(Cl)cc(CNCCCCCCCCCN2CCC(OC3CCN(CCCCCCCCCNCc4cc(Cl)c(O)c(Cl)c4)CC3)CC2)cc1Cl. The van der Waals surface area contributed by atoms with Crippen LogP contribution in [0.4, 0.5) is 0 Å². The molecule has 11 heteroatoms. The summed E-state index contributed by atoms with van der Waals surface area (Å²) in [6, 6.07) is 7.07. The Morgan fingerprint density at radius 2 is 0.792 bits per heavy atom. The molecule has 0 unspecified atom stereocenters. The first-order chi connectivity index (χ1) is 25.8. The normalized spacial score (nSPS) is 16.5. The van der Waals surface area contributed by atoms with Crippen molar-refractivity contribution in [2.45, 2.75) is 141 Å². The zero-order valence-electron chi connectivity index (χ0n) is 32.0. The van der Waals surface area contributed by atoms with E-state index in [0.29, 0.717) is 45.4 Å². The van der Waals surface area contributed by atoms with Gasteiger partial charge in [0.25, 0.3) is 0 Å². The molecule has 300 valence electrons. The molecule has 0 atom stereocenters. The standard InChI is InChI=1S/C42H66Cl4N4O3/c43-37-27-33(28-38(44)41(37)51)31-47-19-11-7-3-1-5-9-13-21-49-23-15-35(16-24-49)53-36-17-25-50(26-18-36)22-14-10-6-2-4-8-12-20-48-32-34-29-39(45)42(52)40(46)30-34/h27-30,35-36,47-48,51-52H,1-26,31-32H2. The molecule has 2 aliphatic heterocycles. The zero-order chi connectivity index (χ0) is 37.7. The van der Waals surface area contributed by atoms with Gasteiger partial charge in [-0.05, 0) is 113 Å². The van der Waals surface area contributed by atoms with Crippen LogP contribution in [0.1, 0.15) is 127 Å². The Balaban J connectivity index is 0.874. The minimum absolute atomic E-state index is 0.0420. The Bertz CT molecular complexity index is 1160. The topological polar surface area (TPSA) is 80.2 Å². The van der Waals surface area contributed by atoms with Crippen molar-refractivity contribution in [3.63, 3.8) is 0 Å². The number of hydrogen-bond donors (Lipinski definition) is 4. The van der Waals surface area contributed by atoms with Gasteiger partial charge in [0.1, 0.15) is 0 Å². The van der Waals surface area contributed by atoms with E-state index in [0.717, 1.165) is 24.2 Å². The van der Waals surface area contributed by atoms with E-state index in [-0.39, 0.29) is 11.5 Å². The van der Waals surface area contributed by atoms with Crippen LogP contribution >= 0.6 is 46.4 Å². The Labute approximate surface area is 340 Å². The summed E-state index contributed by atoms with van der Waals surface area (Å²) in [6.07, 6.45) is 23.9. The molecule has 53 heavy (non-hydrogen) atoms. The number of nitrogens with zero attached hydrogens (tertiary/aromatic N) is 2. The molecule has 0 spiro atoms. The number of benzene rings is 2. The molecule has 4 N–H and O–H groups in total. The minimum Gasteiger partial charge on any atom is -0.505 e. The van der Waals surface area contributed by atoms with Crippen LogP contribution in [0.5, 0.6) is 11.5 Å². The largest absolute Gasteiger partial charge is 0.505 e. The number of hydrogen-bond acceptors (Lipinski definition) is 7. The van der Waals surface area contributed by atoms with E-state index in [2.05, 4.69) is 20.4 Å². The number of rotatable bonds is 26. The molecule has 2 aromatic rings. The van der Waals surface area contributed by atoms with Gasteiger partial charge in [-0.15, -0.1) is 0 Å². The molecule has 2 saturated heterocycles. The van der Waals surface area contributed by atoms with Gasteiger partial charge in [0.15, 0.2) is 11.5 Å². The van der Waals surface area contributed by atoms with Crippen molar-refractivity contribution >= 4 is 46.4 Å². The van der Waals surface area contributed by atoms with Crippen LogP contribution in [-0.4, -0.2) is 84.6 Å². The number of nitrogens with one attached hydrogen (secondary N) is 2. The van der Waals surface area contributed by atoms with Crippen LogP contribution in [0.2, 0.25) is 20.1 Å². The van der Waals surface area contributed by atoms with Gasteiger partial charge in [-0.25, -0.2) is 0 Å². The van der Waals surface area contributed by atoms with Gasteiger partial charge >= 0.3 is 0 Å². The van der Waals surface area contributed by atoms with Crippen molar-refractivity contribution in [1.29, 1.82) is 0 Å². The van der Waals surface area contributed by atoms with Gasteiger partial charge in [-0.3, -0.25) is 0 Å². The van der Waals surface area contributed by atoms with Crippen LogP contribution < -0.4 is 10.6 Å². The highest BCUT2D eigenvalue weighted by molar-refractivity contribution is 6.37. The highest BCUT2D eigenvalue weighted by atomic mass is 35.5. The lowest BCUT2D eigenvalue weighted by molar-refractivity contribution is -0.0650. The third-order valence-electron chi connectivity index (χ3n) is 10.9. The number of phenols is 2. The van der Waals surface area contributed by atoms with E-state index in [1.807, 2.05) is 0 Å². The second-order valence-electron chi connectivity index (χ2n) is 15.3. The van der Waals surface area contributed by atoms with E-state index in [9.17, 15) is 10.2 Å². The van der Waals surface area contributed by atoms with Crippen LogP contribution in [0.25, 0.3) is 0 Å². The highest BCUT2D eigenvalue weighted by Gasteiger charge is 2.25. The zero-order valence-corrected chi connectivity index (χ0v) is 35.0. The van der Waals surface area contributed by atoms with E-state index >= 15 is 0 Å². The smallest absolute Gasteiger partial charge is 0.152 e. The maximum absolute atomic E-state index is 9.68. The van der Waals surface area contributed by atoms with Crippen molar-refractivity contribution in [3.8, 4) is 11.5 Å². The van der Waals surface area contributed by atoms with Crippen molar-refractivity contribution in [3.05, 3.63) is 55.5 Å². The number of phenolic OH excluding ortho intramolecular Hbond substituents is 2. The Kier molecular flexibility index (Phi) is 22.0. The number of piperidine rings is 2. The molecule has 7 nitrogen and oxygen atoms in total. The van der Waals surface area contributed by atoms with Crippen molar-refractivity contribution in [2.24, 2.45) is 0 Å². The Hall–Kier alpha value is -1.000. The predicted octanol–water partition coefficient (Wildman–Crippen LogP) is 11.0. The van der Waals surface area contributed by atoms with Crippen molar-refractivity contribution < 1.29 is 14.9 Å². The summed E-state index contributed by atoms with van der Waals surface area (Å²) in [7, 11) is 0. The summed E-state index contributed by atoms with van der Waals surface area (Å²) in [5.74, 6) is -0.0841. The Morgan fingerprint density at radius 1 is 0.491 bits per heavy atom. The van der Waals surface area contributed by atoms with Gasteiger partial charge in [0.05, 0.1) is 32.3 Å². The van der Waals surface area contributed by atoms with Crippen LogP contribution in [0.15, 0.2) is 24.3 Å². The molecule has 0 radical (unpaired) electrons. The number of halogens is 4. The summed E-state index contributed by atoms with van der Waals surface area (Å²) >= 11 is 24.0. The van der Waals surface area contributed by atoms with Gasteiger partial charge in [-0.2, -0.15) is 0 Å². The van der Waals surface area contributed by atoms with E-state index in [1.165, 1.54) is 155 Å². The molecule has 0 bridgehead atoms. The maximum atomic E-state index is 9.68. The Morgan fingerprint density at radius 3 is 1.13 bits per heavy atom. The molecule has 2 aliphatic rings. The van der Waals surface area contributed by atoms with E-state index in [1.54, 1.807) is 24.3 Å². The first-order valence-electron chi connectivity index (χ1n) is 20.6. The molecule has 0 aliphatic carbocycles. The summed E-state index contributed by atoms with van der Waals surface area (Å²) in [5, 5.41) is 27.5. The quantitative estimate of drug-likeness (QED) is 0.0704. The molecule has 0 aromatic heterocycles. The average molecular weight is 817 g/mol. The van der Waals surface area contributed by atoms with Crippen LogP contribution in [-0.2, 0) is 17.8 Å². The number of ether oxygens (including phenoxy) is 1. The molecule has 0 amide bonds. The molecular weight excluding hydrogens is 750 g/mol. The molecule has 2 fully saturated rings. The summed E-state index contributed by atoms with van der Waals surface area (Å²) < 4.78 is 6.61. The third kappa shape index (κ3) is 17.8. The number of likely N-dealkylation sites (tertiary alicyclic amines) is 2. The highest BCUT2D eigenvalue weighted by Crippen LogP contribution is 2.33. The molecular formula is C42H66Cl4N4O3. The van der Waals surface area contributed by atoms with Crippen molar-refractivity contribution in [2.75, 3.05) is 52.4 Å². The summed E-state index contributed by atoms with van der Waals surface area (Å²) in [6.45, 7) is 10.7. The third-order valence-corrected chi connectivity index (χ3v) is 12.1. The van der Waals surface area contributed by atoms with Gasteiger partial charge < -0.3 is 35.4 Å². The second kappa shape index (κ2) is 26.0. The molecule has 4 rings (SSSR count). The summed E-state index contributed by atoms with van der Waals surface area (Å²) in [4.78, 5) is 5.32. The summed E-state index contributed by atoms with van der Waals surface area (Å²) in [5.41, 5.74) is 1.99. The first kappa shape index (κ1) is 44.7. The predicted molar refractivity (Wildman–Crippen MR) is 224 cm³/mol. The maximum Gasteiger partial charge on any atom is 0.152 e. The van der Waals surface area contributed by atoms with Gasteiger partial charge in [0, 0.05) is 39.3 Å². The fourth-order valence-corrected chi connectivity index (χ4v) is 8.72. The van der Waals surface area contributed by atoms with Crippen molar-refractivity contribution in [1.82, 2.24) is 20.4 Å². The van der Waals surface area contributed by atoms with E-state index < -0.39 is 0 Å². The van der Waals surface area contributed by atoms with E-state index in [4.69, 9.17) is 51.1 Å². The lowest BCUT2D eigenvalue weighted by atomic mass is 10.0. The second-order valence-corrected chi connectivity index (χ2v) is 17.0. The lowest BCUT2D eigenvalue weighted by Gasteiger charge is -2.37. The fourth-order valence-electron chi connectivity index (χ4n) is 7.65. The number of unbranched alkanes of at least 4 members (excludes halogenated alkanes) is 12. The average Bonchev–Trinajstić information content (AvgIpc) is 3.15. The lowest BCUT2D eigenvalue weighted by Crippen LogP contribution is -2.42. The van der Waals surface area contributed by atoms with Crippen LogP contribution in [0, 0.1) is 0 Å². The molecule has 2 heterocycles.